The van der Waals surface area contributed by atoms with Crippen molar-refractivity contribution < 1.29 is 9.47 Å². The minimum Gasteiger partial charge on any atom is -0.454 e. The summed E-state index contributed by atoms with van der Waals surface area (Å²) in [5.41, 5.74) is 4.65. The Morgan fingerprint density at radius 1 is 0.958 bits per heavy atom. The molecule has 124 valence electrons. The molecule has 1 saturated carbocycles. The first-order valence-corrected chi connectivity index (χ1v) is 9.10. The van der Waals surface area contributed by atoms with Gasteiger partial charge in [0.05, 0.1) is 23.1 Å². The van der Waals surface area contributed by atoms with Crippen LogP contribution in [0.5, 0.6) is 11.5 Å². The average Bonchev–Trinajstić information content (AvgIpc) is 3.25. The second-order valence-corrected chi connectivity index (χ2v) is 6.96. The van der Waals surface area contributed by atoms with Crippen LogP contribution < -0.4 is 9.47 Å². The molecule has 1 aliphatic carbocycles. The Hall–Kier alpha value is -2.23. The van der Waals surface area contributed by atoms with Gasteiger partial charge in [0.25, 0.3) is 0 Å². The van der Waals surface area contributed by atoms with E-state index in [0.717, 1.165) is 22.9 Å². The third-order valence-electron chi connectivity index (χ3n) is 5.38. The molecule has 3 aliphatic rings. The molecule has 3 heterocycles. The molecule has 5 rings (SSSR count). The highest BCUT2D eigenvalue weighted by Gasteiger charge is 2.29. The molecule has 24 heavy (non-hydrogen) atoms. The second-order valence-electron chi connectivity index (χ2n) is 6.96. The fraction of sp³-hybridized carbons (Fsp3) is 0.450. The number of aliphatic imine (C=N–C) groups is 1. The van der Waals surface area contributed by atoms with Gasteiger partial charge in [-0.25, -0.2) is 0 Å². The Kier molecular flexibility index (Phi) is 3.35. The number of aromatic nitrogens is 1. The van der Waals surface area contributed by atoms with Crippen LogP contribution in [0.4, 0.5) is 0 Å². The summed E-state index contributed by atoms with van der Waals surface area (Å²) in [5.74, 6) is 1.67. The minimum absolute atomic E-state index is 0.311. The normalized spacial score (nSPS) is 21.4. The Morgan fingerprint density at radius 2 is 1.71 bits per heavy atom. The molecule has 0 spiro atoms. The molecule has 4 heteroatoms. The van der Waals surface area contributed by atoms with Crippen molar-refractivity contribution in [2.75, 3.05) is 6.79 Å². The fourth-order valence-corrected chi connectivity index (χ4v) is 4.12. The van der Waals surface area contributed by atoms with Crippen LogP contribution in [0.3, 0.4) is 0 Å². The smallest absolute Gasteiger partial charge is 0.231 e. The van der Waals surface area contributed by atoms with Gasteiger partial charge in [-0.2, -0.15) is 0 Å². The lowest BCUT2D eigenvalue weighted by Gasteiger charge is -2.17. The Balaban J connectivity index is 1.58. The maximum atomic E-state index is 5.59. The van der Waals surface area contributed by atoms with Crippen LogP contribution in [0.25, 0.3) is 5.69 Å². The fourth-order valence-electron chi connectivity index (χ4n) is 4.12. The van der Waals surface area contributed by atoms with E-state index in [1.807, 2.05) is 0 Å². The topological polar surface area (TPSA) is 35.8 Å². The summed E-state index contributed by atoms with van der Waals surface area (Å²) in [5, 5.41) is 0. The lowest BCUT2D eigenvalue weighted by molar-refractivity contribution is 0.174. The second kappa shape index (κ2) is 5.69. The number of hydrogen-bond acceptors (Lipinski definition) is 3. The molecule has 4 nitrogen and oxygen atoms in total. The number of ether oxygens (including phenoxy) is 2. The average molecular weight is 322 g/mol. The van der Waals surface area contributed by atoms with Gasteiger partial charge < -0.3 is 14.0 Å². The number of nitrogens with zero attached hydrogens (tertiary/aromatic N) is 2. The zero-order valence-corrected chi connectivity index (χ0v) is 13.8. The van der Waals surface area contributed by atoms with E-state index in [0.29, 0.717) is 12.8 Å². The van der Waals surface area contributed by atoms with Gasteiger partial charge in [0.1, 0.15) is 0 Å². The predicted molar refractivity (Wildman–Crippen MR) is 93.6 cm³/mol. The number of fused-ring (bicyclic) bond motifs is 4. The minimum atomic E-state index is 0.311. The molecule has 0 saturated heterocycles. The first kappa shape index (κ1) is 14.1. The summed E-state index contributed by atoms with van der Waals surface area (Å²) < 4.78 is 13.4. The van der Waals surface area contributed by atoms with Crippen LogP contribution >= 0.6 is 0 Å². The van der Waals surface area contributed by atoms with Crippen LogP contribution in [0.1, 0.15) is 56.2 Å². The molecule has 0 radical (unpaired) electrons. The summed E-state index contributed by atoms with van der Waals surface area (Å²) in [7, 11) is 0. The zero-order chi connectivity index (χ0) is 15.9. The van der Waals surface area contributed by atoms with E-state index in [1.54, 1.807) is 0 Å². The Labute approximate surface area is 142 Å². The lowest BCUT2D eigenvalue weighted by atomic mass is 9.96. The molecular formula is C20H22N2O2. The molecule has 0 bridgehead atoms. The Morgan fingerprint density at radius 3 is 2.54 bits per heavy atom. The van der Waals surface area contributed by atoms with E-state index in [9.17, 15) is 0 Å². The molecule has 0 atom stereocenters. The standard InChI is InChI=1S/C20H22N2O2/c1-2-4-7-14(8-5-3-1)21-20-15-11-18-19(24-13-23-18)12-17(15)22-10-6-9-16(20)22/h6,9-12,14H,1-5,7-8,13H2. The van der Waals surface area contributed by atoms with E-state index in [4.69, 9.17) is 14.5 Å². The van der Waals surface area contributed by atoms with Crippen molar-refractivity contribution in [3.05, 3.63) is 41.7 Å². The van der Waals surface area contributed by atoms with E-state index >= 15 is 0 Å². The van der Waals surface area contributed by atoms with Crippen LogP contribution in [-0.4, -0.2) is 23.1 Å². The summed E-state index contributed by atoms with van der Waals surface area (Å²) in [6.07, 6.45) is 11.2. The highest BCUT2D eigenvalue weighted by molar-refractivity contribution is 6.18. The van der Waals surface area contributed by atoms with Crippen LogP contribution in [0.2, 0.25) is 0 Å². The number of hydrogen-bond donors (Lipinski definition) is 0. The first-order chi connectivity index (χ1) is 11.9. The predicted octanol–water partition coefficient (Wildman–Crippen LogP) is 4.47. The third kappa shape index (κ3) is 2.24. The van der Waals surface area contributed by atoms with Crippen LogP contribution in [0, 0.1) is 0 Å². The largest absolute Gasteiger partial charge is 0.454 e. The van der Waals surface area contributed by atoms with Gasteiger partial charge in [0, 0.05) is 17.8 Å². The monoisotopic (exact) mass is 322 g/mol. The lowest BCUT2D eigenvalue weighted by Crippen LogP contribution is -2.11. The van der Waals surface area contributed by atoms with E-state index in [2.05, 4.69) is 35.0 Å². The zero-order valence-electron chi connectivity index (χ0n) is 13.8. The van der Waals surface area contributed by atoms with E-state index in [-0.39, 0.29) is 0 Å². The van der Waals surface area contributed by atoms with Gasteiger partial charge in [-0.15, -0.1) is 0 Å². The molecule has 0 amide bonds. The molecule has 1 aromatic carbocycles. The van der Waals surface area contributed by atoms with Crippen LogP contribution in [0.15, 0.2) is 35.5 Å². The van der Waals surface area contributed by atoms with E-state index in [1.165, 1.54) is 56.2 Å². The number of benzene rings is 1. The van der Waals surface area contributed by atoms with Gasteiger partial charge in [-0.05, 0) is 31.0 Å². The summed E-state index contributed by atoms with van der Waals surface area (Å²) in [4.78, 5) is 5.22. The number of rotatable bonds is 1. The quantitative estimate of drug-likeness (QED) is 0.662. The summed E-state index contributed by atoms with van der Waals surface area (Å²) in [6.45, 7) is 0.311. The van der Waals surface area contributed by atoms with Gasteiger partial charge in [-0.1, -0.05) is 32.1 Å². The maximum Gasteiger partial charge on any atom is 0.231 e. The van der Waals surface area contributed by atoms with Crippen molar-refractivity contribution in [3.8, 4) is 17.2 Å². The van der Waals surface area contributed by atoms with Crippen molar-refractivity contribution in [2.45, 2.75) is 51.0 Å². The van der Waals surface area contributed by atoms with Crippen molar-refractivity contribution in [1.29, 1.82) is 0 Å². The van der Waals surface area contributed by atoms with Crippen molar-refractivity contribution >= 4 is 5.71 Å². The van der Waals surface area contributed by atoms with Crippen molar-refractivity contribution in [2.24, 2.45) is 4.99 Å². The molecule has 1 aromatic heterocycles. The van der Waals surface area contributed by atoms with Gasteiger partial charge in [0.15, 0.2) is 11.5 Å². The Bertz CT molecular complexity index is 798. The molecule has 0 N–H and O–H groups in total. The maximum absolute atomic E-state index is 5.59. The SMILES string of the molecule is c1cc2n(c1)-c1cc3c(cc1C2=NC1CCCCCCC1)OCO3. The van der Waals surface area contributed by atoms with Crippen molar-refractivity contribution in [3.63, 3.8) is 0 Å². The van der Waals surface area contributed by atoms with Gasteiger partial charge in [-0.3, -0.25) is 4.99 Å². The summed E-state index contributed by atoms with van der Waals surface area (Å²) in [6, 6.07) is 8.89. The summed E-state index contributed by atoms with van der Waals surface area (Å²) >= 11 is 0. The van der Waals surface area contributed by atoms with Crippen molar-refractivity contribution in [1.82, 2.24) is 4.57 Å². The molecule has 1 fully saturated rings. The third-order valence-corrected chi connectivity index (χ3v) is 5.38. The molecule has 2 aromatic rings. The molecular weight excluding hydrogens is 300 g/mol. The van der Waals surface area contributed by atoms with Gasteiger partial charge in [0.2, 0.25) is 6.79 Å². The molecule has 0 unspecified atom stereocenters. The molecule has 2 aliphatic heterocycles. The highest BCUT2D eigenvalue weighted by atomic mass is 16.7. The highest BCUT2D eigenvalue weighted by Crippen LogP contribution is 2.40. The van der Waals surface area contributed by atoms with E-state index < -0.39 is 0 Å². The van der Waals surface area contributed by atoms with Crippen LogP contribution in [-0.2, 0) is 0 Å². The van der Waals surface area contributed by atoms with Gasteiger partial charge >= 0.3 is 0 Å². The first-order valence-electron chi connectivity index (χ1n) is 9.10.